The minimum atomic E-state index is -3.77. The van der Waals surface area contributed by atoms with Crippen LogP contribution in [0.1, 0.15) is 41.6 Å². The average Bonchev–Trinajstić information content (AvgIpc) is 2.99. The van der Waals surface area contributed by atoms with E-state index in [1.165, 1.54) is 28.6 Å². The molecule has 0 aliphatic carbocycles. The summed E-state index contributed by atoms with van der Waals surface area (Å²) >= 11 is 6.17. The number of sulfonamides is 1. The van der Waals surface area contributed by atoms with Crippen LogP contribution in [0.4, 0.5) is 4.39 Å². The number of benzene rings is 2. The lowest BCUT2D eigenvalue weighted by molar-refractivity contribution is 0.0954. The van der Waals surface area contributed by atoms with Gasteiger partial charge in [0.2, 0.25) is 10.0 Å². The van der Waals surface area contributed by atoms with Gasteiger partial charge >= 0.3 is 0 Å². The number of hydrogen-bond acceptors (Lipinski definition) is 3. The molecule has 29 heavy (non-hydrogen) atoms. The van der Waals surface area contributed by atoms with Gasteiger partial charge in [0.05, 0.1) is 5.02 Å². The number of nitrogens with zero attached hydrogens (tertiary/aromatic N) is 1. The van der Waals surface area contributed by atoms with Crippen LogP contribution in [-0.2, 0) is 16.4 Å². The molecular formula is C21H24ClFN2O3S. The predicted octanol–water partition coefficient (Wildman–Crippen LogP) is 4.02. The highest BCUT2D eigenvalue weighted by molar-refractivity contribution is 7.89. The third kappa shape index (κ3) is 5.35. The largest absolute Gasteiger partial charge is 0.352 e. The number of rotatable bonds is 6. The lowest BCUT2D eigenvalue weighted by Gasteiger charge is -2.21. The van der Waals surface area contributed by atoms with E-state index in [1.807, 2.05) is 0 Å². The van der Waals surface area contributed by atoms with Gasteiger partial charge in [-0.3, -0.25) is 4.79 Å². The Bertz CT molecular complexity index is 974. The number of carbonyl (C=O) groups is 1. The summed E-state index contributed by atoms with van der Waals surface area (Å²) in [4.78, 5) is 12.4. The Kier molecular flexibility index (Phi) is 7.27. The van der Waals surface area contributed by atoms with E-state index in [1.54, 1.807) is 18.2 Å². The summed E-state index contributed by atoms with van der Waals surface area (Å²) in [6, 6.07) is 10.6. The highest BCUT2D eigenvalue weighted by Gasteiger charge is 2.28. The fraction of sp³-hybridized carbons (Fsp3) is 0.381. The minimum absolute atomic E-state index is 0.0529. The lowest BCUT2D eigenvalue weighted by Crippen LogP contribution is -2.32. The number of halogens is 2. The molecule has 1 heterocycles. The molecule has 0 bridgehead atoms. The monoisotopic (exact) mass is 438 g/mol. The summed E-state index contributed by atoms with van der Waals surface area (Å²) in [5.41, 5.74) is 0.713. The van der Waals surface area contributed by atoms with Crippen molar-refractivity contribution in [3.63, 3.8) is 0 Å². The fourth-order valence-electron chi connectivity index (χ4n) is 3.38. The van der Waals surface area contributed by atoms with Crippen molar-refractivity contribution in [3.8, 4) is 0 Å². The summed E-state index contributed by atoms with van der Waals surface area (Å²) < 4.78 is 41.2. The third-order valence-electron chi connectivity index (χ3n) is 5.01. The van der Waals surface area contributed by atoms with Gasteiger partial charge in [-0.05, 0) is 49.1 Å². The molecule has 8 heteroatoms. The molecule has 1 saturated heterocycles. The number of amides is 1. The summed E-state index contributed by atoms with van der Waals surface area (Å²) in [7, 11) is -3.77. The van der Waals surface area contributed by atoms with Crippen molar-refractivity contribution in [2.24, 2.45) is 0 Å². The average molecular weight is 439 g/mol. The first-order chi connectivity index (χ1) is 13.9. The number of nitrogens with one attached hydrogen (secondary N) is 1. The first kappa shape index (κ1) is 21.7. The van der Waals surface area contributed by atoms with Gasteiger partial charge < -0.3 is 5.32 Å². The van der Waals surface area contributed by atoms with Crippen LogP contribution in [0, 0.1) is 5.82 Å². The molecule has 1 N–H and O–H groups in total. The first-order valence-corrected chi connectivity index (χ1v) is 11.5. The molecule has 1 fully saturated rings. The third-order valence-corrected chi connectivity index (χ3v) is 7.39. The molecule has 0 spiro atoms. The van der Waals surface area contributed by atoms with Crippen molar-refractivity contribution >= 4 is 27.5 Å². The second-order valence-electron chi connectivity index (χ2n) is 7.06. The Morgan fingerprint density at radius 3 is 2.45 bits per heavy atom. The molecule has 2 aromatic rings. The van der Waals surface area contributed by atoms with Crippen LogP contribution in [0.15, 0.2) is 47.4 Å². The van der Waals surface area contributed by atoms with E-state index in [9.17, 15) is 17.6 Å². The fourth-order valence-corrected chi connectivity index (χ4v) is 5.39. The molecule has 1 aliphatic rings. The Hall–Kier alpha value is -1.96. The normalized spacial score (nSPS) is 15.7. The second kappa shape index (κ2) is 9.69. The van der Waals surface area contributed by atoms with E-state index in [-0.39, 0.29) is 27.8 Å². The van der Waals surface area contributed by atoms with Crippen LogP contribution in [0.5, 0.6) is 0 Å². The molecule has 0 radical (unpaired) electrons. The van der Waals surface area contributed by atoms with Crippen molar-refractivity contribution in [1.29, 1.82) is 0 Å². The van der Waals surface area contributed by atoms with Gasteiger partial charge in [0.25, 0.3) is 5.91 Å². The van der Waals surface area contributed by atoms with E-state index in [0.717, 1.165) is 25.7 Å². The van der Waals surface area contributed by atoms with E-state index >= 15 is 0 Å². The molecular weight excluding hydrogens is 415 g/mol. The predicted molar refractivity (Wildman–Crippen MR) is 111 cm³/mol. The molecule has 0 atom stereocenters. The molecule has 1 aliphatic heterocycles. The van der Waals surface area contributed by atoms with Crippen LogP contribution >= 0.6 is 11.6 Å². The molecule has 0 saturated carbocycles. The highest BCUT2D eigenvalue weighted by atomic mass is 35.5. The molecule has 3 rings (SSSR count). The maximum absolute atomic E-state index is 13.7. The number of hydrogen-bond donors (Lipinski definition) is 1. The smallest absolute Gasteiger partial charge is 0.251 e. The van der Waals surface area contributed by atoms with Gasteiger partial charge in [-0.25, -0.2) is 12.8 Å². The molecule has 5 nitrogen and oxygen atoms in total. The Morgan fingerprint density at radius 2 is 1.76 bits per heavy atom. The maximum atomic E-state index is 13.7. The van der Waals surface area contributed by atoms with E-state index < -0.39 is 15.9 Å². The van der Waals surface area contributed by atoms with Crippen LogP contribution < -0.4 is 5.32 Å². The quantitative estimate of drug-likeness (QED) is 0.740. The maximum Gasteiger partial charge on any atom is 0.251 e. The molecule has 0 aromatic heterocycles. The van der Waals surface area contributed by atoms with Crippen LogP contribution in [0.2, 0.25) is 5.02 Å². The van der Waals surface area contributed by atoms with Crippen molar-refractivity contribution in [2.75, 3.05) is 19.6 Å². The molecule has 2 aromatic carbocycles. The van der Waals surface area contributed by atoms with Crippen LogP contribution in [-0.4, -0.2) is 38.3 Å². The molecule has 156 valence electrons. The van der Waals surface area contributed by atoms with E-state index in [4.69, 9.17) is 11.6 Å². The summed E-state index contributed by atoms with van der Waals surface area (Å²) in [6.07, 6.45) is 3.97. The summed E-state index contributed by atoms with van der Waals surface area (Å²) in [6.45, 7) is 1.14. The summed E-state index contributed by atoms with van der Waals surface area (Å²) in [5.74, 6) is -0.746. The van der Waals surface area contributed by atoms with Crippen LogP contribution in [0.25, 0.3) is 0 Å². The first-order valence-electron chi connectivity index (χ1n) is 9.71. The SMILES string of the molecule is O=C(NCCc1ccccc1F)c1ccc(Cl)c(S(=O)(=O)N2CCCCCC2)c1. The van der Waals surface area contributed by atoms with Gasteiger partial charge in [0.15, 0.2) is 0 Å². The highest BCUT2D eigenvalue weighted by Crippen LogP contribution is 2.27. The topological polar surface area (TPSA) is 66.5 Å². The van der Waals surface area contributed by atoms with Gasteiger partial charge in [0, 0.05) is 25.2 Å². The standard InChI is InChI=1S/C21H24ClFN2O3S/c22-18-10-9-17(21(26)24-12-11-16-7-3-4-8-19(16)23)15-20(18)29(27,28)25-13-5-1-2-6-14-25/h3-4,7-10,15H,1-2,5-6,11-14H2,(H,24,26). The van der Waals surface area contributed by atoms with Crippen molar-refractivity contribution < 1.29 is 17.6 Å². The molecule has 1 amide bonds. The zero-order valence-electron chi connectivity index (χ0n) is 16.0. The Morgan fingerprint density at radius 1 is 1.07 bits per heavy atom. The Labute approximate surface area is 175 Å². The number of carbonyl (C=O) groups excluding carboxylic acids is 1. The van der Waals surface area contributed by atoms with Crippen molar-refractivity contribution in [2.45, 2.75) is 37.0 Å². The lowest BCUT2D eigenvalue weighted by atomic mass is 10.1. The van der Waals surface area contributed by atoms with Crippen LogP contribution in [0.3, 0.4) is 0 Å². The minimum Gasteiger partial charge on any atom is -0.352 e. The summed E-state index contributed by atoms with van der Waals surface area (Å²) in [5, 5.41) is 2.80. The second-order valence-corrected chi connectivity index (χ2v) is 9.37. The Balaban J connectivity index is 1.72. The van der Waals surface area contributed by atoms with Gasteiger partial charge in [-0.1, -0.05) is 42.6 Å². The van der Waals surface area contributed by atoms with Gasteiger partial charge in [-0.15, -0.1) is 0 Å². The van der Waals surface area contributed by atoms with E-state index in [2.05, 4.69) is 5.32 Å². The van der Waals surface area contributed by atoms with Crippen molar-refractivity contribution in [1.82, 2.24) is 9.62 Å². The van der Waals surface area contributed by atoms with E-state index in [0.29, 0.717) is 25.1 Å². The van der Waals surface area contributed by atoms with Crippen molar-refractivity contribution in [3.05, 3.63) is 64.4 Å². The van der Waals surface area contributed by atoms with Gasteiger partial charge in [0.1, 0.15) is 10.7 Å². The van der Waals surface area contributed by atoms with Gasteiger partial charge in [-0.2, -0.15) is 4.31 Å². The molecule has 0 unspecified atom stereocenters. The zero-order chi connectivity index (χ0) is 20.9. The zero-order valence-corrected chi connectivity index (χ0v) is 17.6.